The molecule has 0 heterocycles. The summed E-state index contributed by atoms with van der Waals surface area (Å²) < 4.78 is 0. The Hall–Kier alpha value is -0.830. The molecule has 0 unspecified atom stereocenters. The predicted molar refractivity (Wildman–Crippen MR) is 46.7 cm³/mol. The molecule has 0 aliphatic carbocycles. The Morgan fingerprint density at radius 1 is 1.55 bits per heavy atom. The van der Waals surface area contributed by atoms with Gasteiger partial charge in [-0.1, -0.05) is 19.4 Å². The number of rotatable bonds is 3. The molecule has 0 aromatic heterocycles. The van der Waals surface area contributed by atoms with Crippen molar-refractivity contribution in [3.63, 3.8) is 0 Å². The van der Waals surface area contributed by atoms with Gasteiger partial charge in [0.2, 0.25) is 0 Å². The fourth-order valence-corrected chi connectivity index (χ4v) is 0.351. The number of carboxylic acids is 1. The molecule has 0 amide bonds. The summed E-state index contributed by atoms with van der Waals surface area (Å²) in [6, 6.07) is 0. The van der Waals surface area contributed by atoms with E-state index in [2.05, 4.69) is 5.32 Å². The molecule has 0 bridgehead atoms. The van der Waals surface area contributed by atoms with Crippen LogP contribution in [0.4, 0.5) is 0 Å². The van der Waals surface area contributed by atoms with Crippen molar-refractivity contribution in [2.75, 3.05) is 14.1 Å². The van der Waals surface area contributed by atoms with Crippen molar-refractivity contribution in [3.8, 4) is 0 Å². The Balaban J connectivity index is 0. The summed E-state index contributed by atoms with van der Waals surface area (Å²) in [6.45, 7) is 2.01. The van der Waals surface area contributed by atoms with Crippen LogP contribution in [0.15, 0.2) is 12.2 Å². The van der Waals surface area contributed by atoms with Gasteiger partial charge in [-0.25, -0.2) is 4.79 Å². The third kappa shape index (κ3) is 27.1. The topological polar surface area (TPSA) is 49.3 Å². The van der Waals surface area contributed by atoms with Gasteiger partial charge >= 0.3 is 5.97 Å². The molecule has 3 heteroatoms. The maximum absolute atomic E-state index is 9.79. The first-order chi connectivity index (χ1) is 5.18. The van der Waals surface area contributed by atoms with Crippen molar-refractivity contribution in [2.24, 2.45) is 0 Å². The van der Waals surface area contributed by atoms with Crippen molar-refractivity contribution < 1.29 is 9.90 Å². The molecule has 0 radical (unpaired) electrons. The number of hydrogen-bond acceptors (Lipinski definition) is 2. The third-order valence-corrected chi connectivity index (χ3v) is 0.716. The van der Waals surface area contributed by atoms with Crippen LogP contribution < -0.4 is 5.32 Å². The second-order valence-corrected chi connectivity index (χ2v) is 2.03. The Kier molecular flexibility index (Phi) is 13.9. The number of aliphatic carboxylic acids is 1. The van der Waals surface area contributed by atoms with Gasteiger partial charge in [0.15, 0.2) is 0 Å². The first kappa shape index (κ1) is 12.8. The highest BCUT2D eigenvalue weighted by atomic mass is 16.4. The van der Waals surface area contributed by atoms with Crippen molar-refractivity contribution in [2.45, 2.75) is 19.8 Å². The second-order valence-electron chi connectivity index (χ2n) is 2.03. The van der Waals surface area contributed by atoms with Crippen LogP contribution in [0, 0.1) is 0 Å². The van der Waals surface area contributed by atoms with Gasteiger partial charge in [-0.05, 0) is 20.5 Å². The summed E-state index contributed by atoms with van der Waals surface area (Å²) >= 11 is 0. The Morgan fingerprint density at radius 3 is 2.27 bits per heavy atom. The highest BCUT2D eigenvalue weighted by Gasteiger charge is 1.81. The number of hydrogen-bond donors (Lipinski definition) is 2. The quantitative estimate of drug-likeness (QED) is 0.609. The molecule has 66 valence electrons. The molecule has 0 rings (SSSR count). The minimum absolute atomic E-state index is 0.853. The van der Waals surface area contributed by atoms with Gasteiger partial charge in [0.05, 0.1) is 0 Å². The monoisotopic (exact) mass is 159 g/mol. The van der Waals surface area contributed by atoms with Gasteiger partial charge < -0.3 is 10.4 Å². The number of carboxylic acid groups (broad SMARTS) is 1. The van der Waals surface area contributed by atoms with E-state index in [9.17, 15) is 4.79 Å². The van der Waals surface area contributed by atoms with Crippen LogP contribution in [0.1, 0.15) is 19.8 Å². The zero-order chi connectivity index (χ0) is 9.11. The van der Waals surface area contributed by atoms with Crippen LogP contribution in [0.3, 0.4) is 0 Å². The summed E-state index contributed by atoms with van der Waals surface area (Å²) in [5, 5.41) is 10.8. The van der Waals surface area contributed by atoms with Gasteiger partial charge in [0.25, 0.3) is 0 Å². The van der Waals surface area contributed by atoms with Gasteiger partial charge in [-0.3, -0.25) is 0 Å². The van der Waals surface area contributed by atoms with E-state index in [1.54, 1.807) is 6.08 Å². The fraction of sp³-hybridized carbons (Fsp3) is 0.625. The second kappa shape index (κ2) is 11.9. The van der Waals surface area contributed by atoms with E-state index in [1.807, 2.05) is 21.0 Å². The average molecular weight is 159 g/mol. The van der Waals surface area contributed by atoms with Crippen molar-refractivity contribution in [1.29, 1.82) is 0 Å². The Bertz CT molecular complexity index is 111. The summed E-state index contributed by atoms with van der Waals surface area (Å²) in [6.07, 6.45) is 4.68. The zero-order valence-electron chi connectivity index (χ0n) is 7.42. The lowest BCUT2D eigenvalue weighted by Crippen LogP contribution is -1.89. The highest BCUT2D eigenvalue weighted by molar-refractivity contribution is 5.79. The first-order valence-corrected chi connectivity index (χ1v) is 3.67. The van der Waals surface area contributed by atoms with E-state index < -0.39 is 5.97 Å². The largest absolute Gasteiger partial charge is 0.478 e. The zero-order valence-corrected chi connectivity index (χ0v) is 7.42. The molecule has 0 saturated carbocycles. The molecule has 2 N–H and O–H groups in total. The van der Waals surface area contributed by atoms with Crippen molar-refractivity contribution in [1.82, 2.24) is 5.32 Å². The van der Waals surface area contributed by atoms with Gasteiger partial charge in [0.1, 0.15) is 0 Å². The van der Waals surface area contributed by atoms with E-state index in [1.165, 1.54) is 6.08 Å². The molecule has 0 aliphatic rings. The number of unbranched alkanes of at least 4 members (excludes halogenated alkanes) is 1. The molecule has 11 heavy (non-hydrogen) atoms. The first-order valence-electron chi connectivity index (χ1n) is 3.67. The van der Waals surface area contributed by atoms with E-state index in [0.717, 1.165) is 12.8 Å². The maximum Gasteiger partial charge on any atom is 0.327 e. The minimum Gasteiger partial charge on any atom is -0.478 e. The van der Waals surface area contributed by atoms with E-state index in [-0.39, 0.29) is 0 Å². The number of allylic oxidation sites excluding steroid dienone is 1. The average Bonchev–Trinajstić information content (AvgIpc) is 1.89. The molecule has 0 aromatic rings. The lowest BCUT2D eigenvalue weighted by molar-refractivity contribution is -0.131. The molecule has 3 nitrogen and oxygen atoms in total. The maximum atomic E-state index is 9.79. The van der Waals surface area contributed by atoms with Crippen LogP contribution in [0.2, 0.25) is 0 Å². The lowest BCUT2D eigenvalue weighted by Gasteiger charge is -1.79. The normalized spacial score (nSPS) is 9.00. The minimum atomic E-state index is -0.863. The van der Waals surface area contributed by atoms with Crippen LogP contribution >= 0.6 is 0 Å². The summed E-state index contributed by atoms with van der Waals surface area (Å²) in [5.74, 6) is -0.863. The van der Waals surface area contributed by atoms with Crippen LogP contribution in [0.5, 0.6) is 0 Å². The number of carbonyl (C=O) groups is 1. The summed E-state index contributed by atoms with van der Waals surface area (Å²) in [4.78, 5) is 9.79. The van der Waals surface area contributed by atoms with E-state index >= 15 is 0 Å². The lowest BCUT2D eigenvalue weighted by atomic mass is 10.3. The molecule has 0 fully saturated rings. The number of nitrogens with one attached hydrogen (secondary N) is 1. The van der Waals surface area contributed by atoms with Crippen LogP contribution in [-0.2, 0) is 4.79 Å². The van der Waals surface area contributed by atoms with Crippen molar-refractivity contribution >= 4 is 5.97 Å². The fourth-order valence-electron chi connectivity index (χ4n) is 0.351. The van der Waals surface area contributed by atoms with Gasteiger partial charge in [-0.2, -0.15) is 0 Å². The van der Waals surface area contributed by atoms with Gasteiger partial charge in [0, 0.05) is 6.08 Å². The van der Waals surface area contributed by atoms with E-state index in [4.69, 9.17) is 5.11 Å². The van der Waals surface area contributed by atoms with Crippen LogP contribution in [0.25, 0.3) is 0 Å². The van der Waals surface area contributed by atoms with Crippen LogP contribution in [-0.4, -0.2) is 25.2 Å². The Morgan fingerprint density at radius 2 is 2.00 bits per heavy atom. The van der Waals surface area contributed by atoms with Gasteiger partial charge in [-0.15, -0.1) is 0 Å². The molecule has 0 spiro atoms. The molecule has 0 aromatic carbocycles. The molecular weight excluding hydrogens is 142 g/mol. The smallest absolute Gasteiger partial charge is 0.327 e. The molecule has 0 saturated heterocycles. The van der Waals surface area contributed by atoms with E-state index in [0.29, 0.717) is 0 Å². The predicted octanol–water partition coefficient (Wildman–Crippen LogP) is 1.26. The SMILES string of the molecule is CCC/C=C/C(=O)O.CNC. The Labute approximate surface area is 68.1 Å². The third-order valence-electron chi connectivity index (χ3n) is 0.716. The standard InChI is InChI=1S/C6H10O2.C2H7N/c1-2-3-4-5-6(7)8;1-3-2/h4-5H,2-3H2,1H3,(H,7,8);3H,1-2H3/b5-4+;. The highest BCUT2D eigenvalue weighted by Crippen LogP contribution is 1.86. The molecule has 0 atom stereocenters. The van der Waals surface area contributed by atoms with Crippen molar-refractivity contribution in [3.05, 3.63) is 12.2 Å². The molecular formula is C8H17NO2. The molecule has 0 aliphatic heterocycles. The summed E-state index contributed by atoms with van der Waals surface area (Å²) in [5.41, 5.74) is 0. The summed E-state index contributed by atoms with van der Waals surface area (Å²) in [7, 11) is 3.75.